The Hall–Kier alpha value is -0.870. The van der Waals surface area contributed by atoms with Gasteiger partial charge in [0.25, 0.3) is 0 Å². The van der Waals surface area contributed by atoms with Crippen molar-refractivity contribution in [2.24, 2.45) is 5.16 Å². The lowest BCUT2D eigenvalue weighted by Crippen LogP contribution is -2.19. The maximum atomic E-state index is 11.7. The second kappa shape index (κ2) is 7.41. The molecule has 1 unspecified atom stereocenters. The van der Waals surface area contributed by atoms with E-state index in [9.17, 15) is 9.36 Å². The van der Waals surface area contributed by atoms with Gasteiger partial charge in [0.2, 0.25) is 7.37 Å². The first-order valence-corrected chi connectivity index (χ1v) is 7.31. The van der Waals surface area contributed by atoms with Gasteiger partial charge in [-0.25, -0.2) is 4.79 Å². The van der Waals surface area contributed by atoms with Crippen molar-refractivity contribution < 1.29 is 23.8 Å². The second-order valence-electron chi connectivity index (χ2n) is 3.17. The molecule has 0 rings (SSSR count). The van der Waals surface area contributed by atoms with Gasteiger partial charge >= 0.3 is 5.97 Å². The highest BCUT2D eigenvalue weighted by Gasteiger charge is 2.20. The summed E-state index contributed by atoms with van der Waals surface area (Å²) < 4.78 is 21.4. The fraction of sp³-hybridized carbons (Fsp3) is 0.778. The summed E-state index contributed by atoms with van der Waals surface area (Å²) in [6, 6.07) is 0. The maximum absolute atomic E-state index is 11.7. The van der Waals surface area contributed by atoms with E-state index in [1.807, 2.05) is 0 Å². The average molecular weight is 251 g/mol. The summed E-state index contributed by atoms with van der Waals surface area (Å²) in [5.41, 5.74) is -0.136. The number of hydrogen-bond acceptors (Lipinski definition) is 6. The monoisotopic (exact) mass is 251 g/mol. The van der Waals surface area contributed by atoms with Crippen molar-refractivity contribution in [2.45, 2.75) is 20.3 Å². The number of nitrogens with zero attached hydrogens (tertiary/aromatic N) is 1. The molecular weight excluding hydrogens is 233 g/mol. The van der Waals surface area contributed by atoms with Gasteiger partial charge in [0.1, 0.15) is 0 Å². The minimum atomic E-state index is -2.72. The molecule has 0 amide bonds. The highest BCUT2D eigenvalue weighted by atomic mass is 31.2. The highest BCUT2D eigenvalue weighted by molar-refractivity contribution is 7.58. The van der Waals surface area contributed by atoms with E-state index < -0.39 is 13.3 Å². The van der Waals surface area contributed by atoms with Crippen LogP contribution in [0.2, 0.25) is 0 Å². The third-order valence-corrected chi connectivity index (χ3v) is 3.63. The molecule has 0 radical (unpaired) electrons. The van der Waals surface area contributed by atoms with Gasteiger partial charge in [-0.05, 0) is 13.8 Å². The number of hydrogen-bond donors (Lipinski definition) is 1. The van der Waals surface area contributed by atoms with Crippen LogP contribution in [0.25, 0.3) is 0 Å². The summed E-state index contributed by atoms with van der Waals surface area (Å²) in [4.78, 5) is 11.2. The van der Waals surface area contributed by atoms with E-state index in [0.717, 1.165) is 0 Å². The number of esters is 1. The van der Waals surface area contributed by atoms with Crippen molar-refractivity contribution >= 4 is 19.0 Å². The average Bonchev–Trinajstić information content (AvgIpc) is 2.18. The van der Waals surface area contributed by atoms with Gasteiger partial charge in [-0.2, -0.15) is 0 Å². The molecule has 0 aliphatic rings. The highest BCUT2D eigenvalue weighted by Crippen LogP contribution is 2.42. The lowest BCUT2D eigenvalue weighted by atomic mass is 10.3. The Morgan fingerprint density at radius 3 is 2.44 bits per heavy atom. The molecule has 7 heteroatoms. The molecule has 1 N–H and O–H groups in total. The van der Waals surface area contributed by atoms with Crippen molar-refractivity contribution in [3.05, 3.63) is 0 Å². The Bertz CT molecular complexity index is 302. The summed E-state index contributed by atoms with van der Waals surface area (Å²) in [6.07, 6.45) is 0.224. The minimum Gasteiger partial charge on any atom is -0.461 e. The van der Waals surface area contributed by atoms with Crippen LogP contribution in [0.5, 0.6) is 0 Å². The number of ether oxygens (including phenoxy) is 1. The predicted octanol–water partition coefficient (Wildman–Crippen LogP) is 1.71. The van der Waals surface area contributed by atoms with Crippen LogP contribution in [-0.2, 0) is 18.6 Å². The summed E-state index contributed by atoms with van der Waals surface area (Å²) in [5.74, 6) is -0.693. The largest absolute Gasteiger partial charge is 0.461 e. The van der Waals surface area contributed by atoms with Gasteiger partial charge in [0, 0.05) is 19.2 Å². The molecule has 0 aromatic carbocycles. The fourth-order valence-electron chi connectivity index (χ4n) is 1.05. The van der Waals surface area contributed by atoms with Crippen LogP contribution in [0.4, 0.5) is 0 Å². The number of carbonyl (C=O) groups excluding carboxylic acids is 1. The molecule has 0 heterocycles. The van der Waals surface area contributed by atoms with Crippen LogP contribution in [0.15, 0.2) is 5.16 Å². The Balaban J connectivity index is 4.27. The summed E-state index contributed by atoms with van der Waals surface area (Å²) in [5, 5.41) is 11.4. The molecule has 1 atom stereocenters. The minimum absolute atomic E-state index is 0.0725. The van der Waals surface area contributed by atoms with E-state index in [2.05, 4.69) is 9.89 Å². The van der Waals surface area contributed by atoms with Gasteiger partial charge in [-0.1, -0.05) is 5.16 Å². The van der Waals surface area contributed by atoms with Crippen LogP contribution < -0.4 is 0 Å². The van der Waals surface area contributed by atoms with Gasteiger partial charge < -0.3 is 14.5 Å². The number of rotatable bonds is 7. The van der Waals surface area contributed by atoms with Crippen LogP contribution in [0.1, 0.15) is 20.3 Å². The molecule has 0 aliphatic heterocycles. The van der Waals surface area contributed by atoms with Crippen LogP contribution in [0, 0.1) is 0 Å². The lowest BCUT2D eigenvalue weighted by molar-refractivity contribution is -0.135. The normalized spacial score (nSPS) is 15.6. The standard InChI is InChI=1S/C9H18NO5P/c1-4-14-9(11)8(10-12)6-7-16(3,13)15-5-2/h12H,4-7H2,1-3H3. The molecule has 0 aliphatic carbocycles. The van der Waals surface area contributed by atoms with Crippen molar-refractivity contribution in [3.63, 3.8) is 0 Å². The SMILES string of the molecule is CCOC(=O)C(CCP(C)(=O)OCC)=NO. The van der Waals surface area contributed by atoms with Crippen molar-refractivity contribution in [2.75, 3.05) is 26.0 Å². The zero-order valence-corrected chi connectivity index (χ0v) is 10.7. The lowest BCUT2D eigenvalue weighted by Gasteiger charge is -2.12. The topological polar surface area (TPSA) is 85.2 Å². The van der Waals surface area contributed by atoms with Crippen LogP contribution >= 0.6 is 7.37 Å². The third-order valence-electron chi connectivity index (χ3n) is 1.79. The van der Waals surface area contributed by atoms with Crippen molar-refractivity contribution in [1.82, 2.24) is 0 Å². The van der Waals surface area contributed by atoms with E-state index in [-0.39, 0.29) is 24.9 Å². The Kier molecular flexibility index (Phi) is 7.01. The maximum Gasteiger partial charge on any atom is 0.356 e. The Morgan fingerprint density at radius 2 is 2.00 bits per heavy atom. The molecule has 0 aromatic rings. The van der Waals surface area contributed by atoms with Gasteiger partial charge in [-0.3, -0.25) is 4.57 Å². The van der Waals surface area contributed by atoms with Gasteiger partial charge in [0.05, 0.1) is 13.2 Å². The van der Waals surface area contributed by atoms with Crippen molar-refractivity contribution in [1.29, 1.82) is 0 Å². The zero-order chi connectivity index (χ0) is 12.6. The first-order valence-electron chi connectivity index (χ1n) is 5.06. The Labute approximate surface area is 95.1 Å². The quantitative estimate of drug-likeness (QED) is 0.245. The zero-order valence-electron chi connectivity index (χ0n) is 9.80. The van der Waals surface area contributed by atoms with Crippen LogP contribution in [0.3, 0.4) is 0 Å². The molecule has 6 nitrogen and oxygen atoms in total. The van der Waals surface area contributed by atoms with Gasteiger partial charge in [0.15, 0.2) is 5.71 Å². The number of oxime groups is 1. The predicted molar refractivity (Wildman–Crippen MR) is 60.5 cm³/mol. The summed E-state index contributed by atoms with van der Waals surface area (Å²) in [7, 11) is -2.72. The molecule has 0 fully saturated rings. The molecule has 0 aromatic heterocycles. The third kappa shape index (κ3) is 5.88. The van der Waals surface area contributed by atoms with Crippen molar-refractivity contribution in [3.8, 4) is 0 Å². The van der Waals surface area contributed by atoms with Gasteiger partial charge in [-0.15, -0.1) is 0 Å². The first kappa shape index (κ1) is 15.1. The molecule has 0 bridgehead atoms. The molecular formula is C9H18NO5P. The van der Waals surface area contributed by atoms with E-state index in [1.165, 1.54) is 6.66 Å². The van der Waals surface area contributed by atoms with E-state index in [0.29, 0.717) is 6.61 Å². The molecule has 0 saturated heterocycles. The summed E-state index contributed by atoms with van der Waals surface area (Å²) in [6.45, 7) is 5.42. The molecule has 0 saturated carbocycles. The molecule has 0 spiro atoms. The second-order valence-corrected chi connectivity index (χ2v) is 5.91. The first-order chi connectivity index (χ1) is 7.46. The van der Waals surface area contributed by atoms with E-state index in [1.54, 1.807) is 13.8 Å². The smallest absolute Gasteiger partial charge is 0.356 e. The molecule has 94 valence electrons. The van der Waals surface area contributed by atoms with E-state index in [4.69, 9.17) is 9.73 Å². The van der Waals surface area contributed by atoms with Crippen LogP contribution in [-0.4, -0.2) is 42.9 Å². The van der Waals surface area contributed by atoms with E-state index >= 15 is 0 Å². The fourth-order valence-corrected chi connectivity index (χ4v) is 2.35. The Morgan fingerprint density at radius 1 is 1.38 bits per heavy atom. The molecule has 16 heavy (non-hydrogen) atoms. The number of carbonyl (C=O) groups is 1. The summed E-state index contributed by atoms with van der Waals surface area (Å²) >= 11 is 0.